The van der Waals surface area contributed by atoms with E-state index in [-0.39, 0.29) is 5.91 Å². The Labute approximate surface area is 242 Å². The van der Waals surface area contributed by atoms with Gasteiger partial charge in [-0.3, -0.25) is 24.1 Å². The van der Waals surface area contributed by atoms with E-state index in [4.69, 9.17) is 5.73 Å². The van der Waals surface area contributed by atoms with E-state index in [1.807, 2.05) is 59.8 Å². The minimum atomic E-state index is -0.471. The average Bonchev–Trinajstić information content (AvgIpc) is 3.59. The molecule has 2 amide bonds. The molecule has 0 aliphatic heterocycles. The van der Waals surface area contributed by atoms with Crippen molar-refractivity contribution in [1.29, 1.82) is 0 Å². The molecule has 42 heavy (non-hydrogen) atoms. The summed E-state index contributed by atoms with van der Waals surface area (Å²) < 4.78 is 9.62. The fraction of sp³-hybridized carbons (Fsp3) is 0.333. The zero-order valence-corrected chi connectivity index (χ0v) is 24.5. The van der Waals surface area contributed by atoms with Crippen molar-refractivity contribution in [2.75, 3.05) is 7.05 Å². The van der Waals surface area contributed by atoms with Crippen molar-refractivity contribution in [3.8, 4) is 0 Å². The molecule has 0 saturated heterocycles. The third-order valence-electron chi connectivity index (χ3n) is 7.62. The highest BCUT2D eigenvalue weighted by atomic mass is 16.2. The number of nitrogens with two attached hydrogens (primary N) is 1. The van der Waals surface area contributed by atoms with E-state index in [0.29, 0.717) is 42.1 Å². The number of nitrogens with zero attached hydrogens (tertiary/aromatic N) is 8. The topological polar surface area (TPSA) is 139 Å². The zero-order chi connectivity index (χ0) is 30.1. The molecule has 5 aromatic rings. The molecule has 3 heterocycles. The second-order valence-corrected chi connectivity index (χ2v) is 10.3. The second-order valence-electron chi connectivity index (χ2n) is 10.3. The van der Waals surface area contributed by atoms with Gasteiger partial charge in [0.15, 0.2) is 0 Å². The van der Waals surface area contributed by atoms with Crippen LogP contribution in [0.25, 0.3) is 22.1 Å². The maximum absolute atomic E-state index is 13.3. The number of imidazole rings is 2. The smallest absolute Gasteiger partial charge is 0.298 e. The van der Waals surface area contributed by atoms with Crippen LogP contribution in [0.15, 0.2) is 52.4 Å². The Kier molecular flexibility index (Phi) is 7.79. The third-order valence-corrected chi connectivity index (χ3v) is 7.62. The molecule has 0 saturated carbocycles. The van der Waals surface area contributed by atoms with Gasteiger partial charge in [-0.15, -0.1) is 0 Å². The SMILES string of the molecule is CCn1nc(C)cc1C(=O)N=c1n(C)c2cc(C=O)ccc2n1CCCCn1c(=NC)n(C)c2cc(C(N)=O)ccc21. The summed E-state index contributed by atoms with van der Waals surface area (Å²) >= 11 is 0. The maximum atomic E-state index is 13.3. The van der Waals surface area contributed by atoms with Crippen LogP contribution in [0.1, 0.15) is 56.7 Å². The number of hydrogen-bond acceptors (Lipinski definition) is 5. The molecule has 0 aliphatic carbocycles. The highest BCUT2D eigenvalue weighted by Gasteiger charge is 2.17. The fourth-order valence-corrected chi connectivity index (χ4v) is 5.57. The Morgan fingerprint density at radius 3 is 2.14 bits per heavy atom. The number of benzene rings is 2. The molecule has 3 aromatic heterocycles. The van der Waals surface area contributed by atoms with Crippen LogP contribution in [0.5, 0.6) is 0 Å². The number of aromatic nitrogens is 6. The molecule has 0 aliphatic rings. The maximum Gasteiger partial charge on any atom is 0.298 e. The summed E-state index contributed by atoms with van der Waals surface area (Å²) in [5.74, 6) is -0.843. The van der Waals surface area contributed by atoms with E-state index in [9.17, 15) is 14.4 Å². The number of aryl methyl sites for hydroxylation is 6. The van der Waals surface area contributed by atoms with Crippen molar-refractivity contribution >= 4 is 40.2 Å². The predicted molar refractivity (Wildman–Crippen MR) is 159 cm³/mol. The van der Waals surface area contributed by atoms with E-state index in [0.717, 1.165) is 52.5 Å². The predicted octanol–water partition coefficient (Wildman–Crippen LogP) is 2.46. The van der Waals surface area contributed by atoms with Crippen LogP contribution in [-0.2, 0) is 33.7 Å². The standard InChI is InChI=1S/C30H35N9O3/c1-6-39-26(15-19(2)34-39)28(42)33-30-36(5)24-16-20(18-40)9-11-22(24)38(30)14-8-7-13-37-23-12-10-21(27(31)41)17-25(23)35(4)29(37)32-3/h9-12,15-18H,6-8,13-14H2,1-5H3,(H2,31,41). The van der Waals surface area contributed by atoms with Gasteiger partial charge in [-0.25, -0.2) is 0 Å². The van der Waals surface area contributed by atoms with Crippen LogP contribution in [0.2, 0.25) is 0 Å². The van der Waals surface area contributed by atoms with Gasteiger partial charge in [-0.1, -0.05) is 0 Å². The van der Waals surface area contributed by atoms with Crippen LogP contribution in [0.3, 0.4) is 0 Å². The van der Waals surface area contributed by atoms with Gasteiger partial charge in [0.05, 0.1) is 27.8 Å². The summed E-state index contributed by atoms with van der Waals surface area (Å²) in [4.78, 5) is 45.6. The lowest BCUT2D eigenvalue weighted by Gasteiger charge is -2.08. The minimum Gasteiger partial charge on any atom is -0.366 e. The number of unbranched alkanes of at least 4 members (excludes halogenated alkanes) is 1. The first-order valence-electron chi connectivity index (χ1n) is 13.9. The normalized spacial score (nSPS) is 12.6. The number of fused-ring (bicyclic) bond motifs is 2. The van der Waals surface area contributed by atoms with Crippen molar-refractivity contribution in [2.24, 2.45) is 29.8 Å². The van der Waals surface area contributed by atoms with Crippen molar-refractivity contribution < 1.29 is 14.4 Å². The van der Waals surface area contributed by atoms with Crippen LogP contribution in [0.4, 0.5) is 0 Å². The number of amides is 2. The Morgan fingerprint density at radius 2 is 1.52 bits per heavy atom. The quantitative estimate of drug-likeness (QED) is 0.215. The first kappa shape index (κ1) is 28.5. The largest absolute Gasteiger partial charge is 0.366 e. The van der Waals surface area contributed by atoms with E-state index in [1.165, 1.54) is 0 Å². The molecular weight excluding hydrogens is 534 g/mol. The van der Waals surface area contributed by atoms with Crippen LogP contribution >= 0.6 is 0 Å². The van der Waals surface area contributed by atoms with E-state index in [1.54, 1.807) is 36.0 Å². The van der Waals surface area contributed by atoms with Gasteiger partial charge in [0.25, 0.3) is 5.91 Å². The van der Waals surface area contributed by atoms with Crippen molar-refractivity contribution in [3.63, 3.8) is 0 Å². The number of rotatable bonds is 9. The highest BCUT2D eigenvalue weighted by molar-refractivity contribution is 5.96. The number of carbonyl (C=O) groups excluding carboxylic acids is 3. The zero-order valence-electron chi connectivity index (χ0n) is 24.5. The monoisotopic (exact) mass is 569 g/mol. The van der Waals surface area contributed by atoms with E-state index >= 15 is 0 Å². The molecular formula is C30H35N9O3. The van der Waals surface area contributed by atoms with Crippen LogP contribution in [-0.4, -0.2) is 53.2 Å². The van der Waals surface area contributed by atoms with Crippen LogP contribution < -0.4 is 17.0 Å². The molecule has 0 radical (unpaired) electrons. The first-order chi connectivity index (χ1) is 20.2. The van der Waals surface area contributed by atoms with Gasteiger partial charge in [0.2, 0.25) is 17.1 Å². The Hall–Kier alpha value is -5.00. The summed E-state index contributed by atoms with van der Waals surface area (Å²) in [6.45, 7) is 5.64. The minimum absolute atomic E-state index is 0.372. The fourth-order valence-electron chi connectivity index (χ4n) is 5.57. The lowest BCUT2D eigenvalue weighted by molar-refractivity contribution is 0.0982. The second kappa shape index (κ2) is 11.5. The summed E-state index contributed by atoms with van der Waals surface area (Å²) in [7, 11) is 5.52. The van der Waals surface area contributed by atoms with Gasteiger partial charge in [-0.2, -0.15) is 10.1 Å². The molecule has 218 valence electrons. The van der Waals surface area contributed by atoms with Gasteiger partial charge >= 0.3 is 0 Å². The average molecular weight is 570 g/mol. The lowest BCUT2D eigenvalue weighted by Crippen LogP contribution is -2.27. The van der Waals surface area contributed by atoms with Gasteiger partial charge < -0.3 is 24.0 Å². The molecule has 0 fully saturated rings. The molecule has 2 aromatic carbocycles. The molecule has 0 unspecified atom stereocenters. The first-order valence-corrected chi connectivity index (χ1v) is 13.9. The molecule has 12 heteroatoms. The number of aldehydes is 1. The molecule has 2 N–H and O–H groups in total. The van der Waals surface area contributed by atoms with E-state index < -0.39 is 5.91 Å². The molecule has 0 atom stereocenters. The highest BCUT2D eigenvalue weighted by Crippen LogP contribution is 2.18. The Balaban J connectivity index is 1.48. The van der Waals surface area contributed by atoms with Gasteiger partial charge in [0.1, 0.15) is 12.0 Å². The number of carbonyl (C=O) groups is 3. The Morgan fingerprint density at radius 1 is 0.905 bits per heavy atom. The number of primary amides is 1. The summed E-state index contributed by atoms with van der Waals surface area (Å²) in [6.07, 6.45) is 2.41. The van der Waals surface area contributed by atoms with Gasteiger partial charge in [0, 0.05) is 51.9 Å². The summed E-state index contributed by atoms with van der Waals surface area (Å²) in [5, 5.41) is 4.39. The summed E-state index contributed by atoms with van der Waals surface area (Å²) in [5.41, 5.74) is 12.5. The molecule has 0 spiro atoms. The van der Waals surface area contributed by atoms with Gasteiger partial charge in [-0.05, 0) is 69.2 Å². The van der Waals surface area contributed by atoms with Crippen molar-refractivity contribution in [3.05, 3.63) is 76.2 Å². The molecule has 5 rings (SSSR count). The summed E-state index contributed by atoms with van der Waals surface area (Å²) in [6, 6.07) is 12.7. The lowest BCUT2D eigenvalue weighted by atomic mass is 10.2. The number of hydrogen-bond donors (Lipinski definition) is 1. The Bertz CT molecular complexity index is 2000. The van der Waals surface area contributed by atoms with E-state index in [2.05, 4.69) is 19.7 Å². The third kappa shape index (κ3) is 5.00. The van der Waals surface area contributed by atoms with Crippen molar-refractivity contribution in [2.45, 2.75) is 46.3 Å². The van der Waals surface area contributed by atoms with Crippen LogP contribution in [0, 0.1) is 6.92 Å². The van der Waals surface area contributed by atoms with Crippen molar-refractivity contribution in [1.82, 2.24) is 28.0 Å². The molecule has 12 nitrogen and oxygen atoms in total. The molecule has 0 bridgehead atoms.